The lowest BCUT2D eigenvalue weighted by Crippen LogP contribution is -2.26. The summed E-state index contributed by atoms with van der Waals surface area (Å²) in [5.41, 5.74) is 18.9. The number of rotatable bonds is 2. The van der Waals surface area contributed by atoms with Crippen LogP contribution >= 0.6 is 0 Å². The number of benzene rings is 8. The molecule has 2 heterocycles. The van der Waals surface area contributed by atoms with Crippen LogP contribution in [0.3, 0.4) is 0 Å². The Kier molecular flexibility index (Phi) is 6.01. The van der Waals surface area contributed by atoms with Gasteiger partial charge in [0.2, 0.25) is 0 Å². The van der Waals surface area contributed by atoms with E-state index >= 15 is 0 Å². The fourth-order valence-corrected chi connectivity index (χ4v) is 10.4. The zero-order chi connectivity index (χ0) is 36.6. The highest BCUT2D eigenvalue weighted by atomic mass is 15.0. The Balaban J connectivity index is 1.28. The van der Waals surface area contributed by atoms with E-state index in [9.17, 15) is 0 Å². The van der Waals surface area contributed by atoms with Gasteiger partial charge in [-0.25, -0.2) is 0 Å². The molecule has 0 saturated heterocycles. The molecule has 2 aliphatic carbocycles. The second-order valence-corrected chi connectivity index (χ2v) is 16.5. The summed E-state index contributed by atoms with van der Waals surface area (Å²) in [5.74, 6) is 0. The number of hydrogen-bond donors (Lipinski definition) is 0. The SMILES string of the molecule is CC(C)(C)c1ccc2c(c1)c1ccc3c(c1n2-c1ccc2c4ccccc4n(-c4ccccc4)c2c1)C1(c2ccccc2-c2ccccc21)c1ccccc1-3. The van der Waals surface area contributed by atoms with Gasteiger partial charge in [0.25, 0.3) is 0 Å². The Labute approximate surface area is 320 Å². The number of hydrogen-bond acceptors (Lipinski definition) is 0. The van der Waals surface area contributed by atoms with Crippen LogP contribution in [0.25, 0.3) is 77.2 Å². The minimum Gasteiger partial charge on any atom is -0.309 e. The molecule has 0 amide bonds. The minimum absolute atomic E-state index is 0.00959. The summed E-state index contributed by atoms with van der Waals surface area (Å²) in [5, 5.41) is 5.10. The Morgan fingerprint density at radius 3 is 1.64 bits per heavy atom. The summed E-state index contributed by atoms with van der Waals surface area (Å²) in [4.78, 5) is 0. The normalized spacial score (nSPS) is 13.9. The quantitative estimate of drug-likeness (QED) is 0.170. The lowest BCUT2D eigenvalue weighted by atomic mass is 9.70. The van der Waals surface area contributed by atoms with Crippen molar-refractivity contribution in [2.75, 3.05) is 0 Å². The van der Waals surface area contributed by atoms with E-state index in [1.54, 1.807) is 0 Å². The molecule has 0 aliphatic heterocycles. The van der Waals surface area contributed by atoms with Gasteiger partial charge >= 0.3 is 0 Å². The van der Waals surface area contributed by atoms with Crippen molar-refractivity contribution < 1.29 is 0 Å². The Bertz CT molecular complexity index is 3170. The van der Waals surface area contributed by atoms with Crippen molar-refractivity contribution in [2.45, 2.75) is 31.6 Å². The van der Waals surface area contributed by atoms with Crippen molar-refractivity contribution >= 4 is 43.6 Å². The van der Waals surface area contributed by atoms with Gasteiger partial charge in [0.05, 0.1) is 27.5 Å². The molecule has 0 fully saturated rings. The van der Waals surface area contributed by atoms with Crippen molar-refractivity contribution in [3.63, 3.8) is 0 Å². The smallest absolute Gasteiger partial charge is 0.0746 e. The van der Waals surface area contributed by atoms with Crippen LogP contribution < -0.4 is 0 Å². The fraction of sp³-hybridized carbons (Fsp3) is 0.0943. The zero-order valence-electron chi connectivity index (χ0n) is 31.1. The van der Waals surface area contributed by atoms with Gasteiger partial charge in [-0.3, -0.25) is 0 Å². The van der Waals surface area contributed by atoms with E-state index in [-0.39, 0.29) is 5.41 Å². The van der Waals surface area contributed by atoms with Crippen molar-refractivity contribution in [2.24, 2.45) is 0 Å². The van der Waals surface area contributed by atoms with Crippen LogP contribution in [0.2, 0.25) is 0 Å². The largest absolute Gasteiger partial charge is 0.309 e. The molecule has 0 bridgehead atoms. The van der Waals surface area contributed by atoms with Gasteiger partial charge in [-0.15, -0.1) is 0 Å². The number of nitrogens with zero attached hydrogens (tertiary/aromatic N) is 2. The molecule has 0 N–H and O–H groups in total. The number of aromatic nitrogens is 2. The third kappa shape index (κ3) is 3.89. The first-order valence-corrected chi connectivity index (χ1v) is 19.4. The monoisotopic (exact) mass is 702 g/mol. The van der Waals surface area contributed by atoms with Crippen LogP contribution in [-0.2, 0) is 10.8 Å². The first-order valence-electron chi connectivity index (χ1n) is 19.4. The molecule has 2 nitrogen and oxygen atoms in total. The van der Waals surface area contributed by atoms with E-state index in [2.05, 4.69) is 206 Å². The van der Waals surface area contributed by atoms with E-state index in [0.29, 0.717) is 0 Å². The summed E-state index contributed by atoms with van der Waals surface area (Å²) in [7, 11) is 0. The van der Waals surface area contributed by atoms with E-state index < -0.39 is 5.41 Å². The summed E-state index contributed by atoms with van der Waals surface area (Å²) in [6.45, 7) is 6.96. The molecule has 55 heavy (non-hydrogen) atoms. The summed E-state index contributed by atoms with van der Waals surface area (Å²) < 4.78 is 5.03. The van der Waals surface area contributed by atoms with Crippen LogP contribution in [0, 0.1) is 0 Å². The lowest BCUT2D eigenvalue weighted by molar-refractivity contribution is 0.591. The molecule has 12 rings (SSSR count). The molecule has 2 heteroatoms. The molecule has 10 aromatic rings. The first kappa shape index (κ1) is 30.8. The maximum absolute atomic E-state index is 2.60. The van der Waals surface area contributed by atoms with Gasteiger partial charge < -0.3 is 9.13 Å². The molecule has 0 atom stereocenters. The molecule has 0 radical (unpaired) electrons. The van der Waals surface area contributed by atoms with Gasteiger partial charge in [0.15, 0.2) is 0 Å². The number of fused-ring (bicyclic) bond motifs is 17. The van der Waals surface area contributed by atoms with E-state index in [4.69, 9.17) is 0 Å². The average molecular weight is 703 g/mol. The molecular formula is C53H38N2. The predicted octanol–water partition coefficient (Wildman–Crippen LogP) is 13.5. The Morgan fingerprint density at radius 1 is 0.382 bits per heavy atom. The summed E-state index contributed by atoms with van der Waals surface area (Å²) >= 11 is 0. The molecule has 8 aromatic carbocycles. The molecule has 0 unspecified atom stereocenters. The van der Waals surface area contributed by atoms with Gasteiger partial charge in [0.1, 0.15) is 0 Å². The highest BCUT2D eigenvalue weighted by Crippen LogP contribution is 2.64. The van der Waals surface area contributed by atoms with Crippen LogP contribution in [-0.4, -0.2) is 9.13 Å². The van der Waals surface area contributed by atoms with Crippen molar-refractivity contribution in [3.05, 3.63) is 204 Å². The van der Waals surface area contributed by atoms with Crippen LogP contribution in [0.4, 0.5) is 0 Å². The molecular weight excluding hydrogens is 665 g/mol. The van der Waals surface area contributed by atoms with E-state index in [1.807, 2.05) is 0 Å². The molecule has 260 valence electrons. The molecule has 0 saturated carbocycles. The second-order valence-electron chi connectivity index (χ2n) is 16.5. The van der Waals surface area contributed by atoms with Crippen LogP contribution in [0.5, 0.6) is 0 Å². The topological polar surface area (TPSA) is 9.86 Å². The predicted molar refractivity (Wildman–Crippen MR) is 230 cm³/mol. The zero-order valence-corrected chi connectivity index (χ0v) is 31.1. The van der Waals surface area contributed by atoms with Crippen LogP contribution in [0.1, 0.15) is 48.6 Å². The highest BCUT2D eigenvalue weighted by Gasteiger charge is 2.53. The summed E-state index contributed by atoms with van der Waals surface area (Å²) in [6, 6.07) is 66.2. The Hall–Kier alpha value is -6.64. The summed E-state index contributed by atoms with van der Waals surface area (Å²) in [6.07, 6.45) is 0. The second kappa shape index (κ2) is 10.7. The maximum atomic E-state index is 2.60. The lowest BCUT2D eigenvalue weighted by Gasteiger charge is -2.31. The van der Waals surface area contributed by atoms with E-state index in [1.165, 1.54) is 93.7 Å². The molecule has 2 aliphatic rings. The third-order valence-electron chi connectivity index (χ3n) is 12.7. The standard InChI is InChI=1S/C53H38N2/c1-52(2,3)33-25-30-48-43(31-33)42-29-28-41-38-19-9-13-23-46(38)53(44-21-11-7-17-36(44)37-18-8-12-22-45(37)53)50(41)51(42)55(48)35-26-27-40-39-20-10-14-24-47(39)54(49(40)32-35)34-15-5-4-6-16-34/h4-32H,1-3H3. The first-order chi connectivity index (χ1) is 26.9. The van der Waals surface area contributed by atoms with Crippen molar-refractivity contribution in [3.8, 4) is 33.6 Å². The third-order valence-corrected chi connectivity index (χ3v) is 12.7. The number of para-hydroxylation sites is 2. The minimum atomic E-state index is -0.472. The van der Waals surface area contributed by atoms with Gasteiger partial charge in [-0.1, -0.05) is 154 Å². The average Bonchev–Trinajstić information content (AvgIpc) is 3.92. The van der Waals surface area contributed by atoms with Gasteiger partial charge in [-0.2, -0.15) is 0 Å². The Morgan fingerprint density at radius 2 is 0.945 bits per heavy atom. The van der Waals surface area contributed by atoms with Gasteiger partial charge in [0, 0.05) is 38.5 Å². The maximum Gasteiger partial charge on any atom is 0.0746 e. The fourth-order valence-electron chi connectivity index (χ4n) is 10.4. The van der Waals surface area contributed by atoms with Crippen molar-refractivity contribution in [1.29, 1.82) is 0 Å². The molecule has 2 aromatic heterocycles. The van der Waals surface area contributed by atoms with Crippen molar-refractivity contribution in [1.82, 2.24) is 9.13 Å². The highest BCUT2D eigenvalue weighted by molar-refractivity contribution is 6.16. The van der Waals surface area contributed by atoms with Crippen LogP contribution in [0.15, 0.2) is 176 Å². The molecule has 1 spiro atoms. The van der Waals surface area contributed by atoms with Gasteiger partial charge in [-0.05, 0) is 92.4 Å². The van der Waals surface area contributed by atoms with E-state index in [0.717, 1.165) is 11.4 Å².